The van der Waals surface area contributed by atoms with E-state index in [1.54, 1.807) is 0 Å². The zero-order chi connectivity index (χ0) is 13.8. The first-order chi connectivity index (χ1) is 9.06. The third-order valence-corrected chi connectivity index (χ3v) is 3.87. The maximum absolute atomic E-state index is 13.2. The Labute approximate surface area is 113 Å². The van der Waals surface area contributed by atoms with Gasteiger partial charge in [-0.05, 0) is 57.5 Å². The molecule has 1 heterocycles. The molecule has 0 aliphatic carbocycles. The Morgan fingerprint density at radius 2 is 1.68 bits per heavy atom. The van der Waals surface area contributed by atoms with E-state index in [0.717, 1.165) is 25.7 Å². The minimum Gasteiger partial charge on any atom is -0.309 e. The van der Waals surface area contributed by atoms with E-state index < -0.39 is 11.6 Å². The lowest BCUT2D eigenvalue weighted by molar-refractivity contribution is 0.247. The third-order valence-electron chi connectivity index (χ3n) is 3.87. The van der Waals surface area contributed by atoms with E-state index in [0.29, 0.717) is 11.6 Å². The van der Waals surface area contributed by atoms with Crippen molar-refractivity contribution in [3.63, 3.8) is 0 Å². The Hall–Kier alpha value is -1.00. The minimum atomic E-state index is -0.517. The van der Waals surface area contributed by atoms with Crippen molar-refractivity contribution in [3.05, 3.63) is 35.4 Å². The number of nitrogens with zero attached hydrogens (tertiary/aromatic N) is 1. The van der Waals surface area contributed by atoms with Gasteiger partial charge in [0.15, 0.2) is 0 Å². The Kier molecular flexibility index (Phi) is 4.88. The van der Waals surface area contributed by atoms with E-state index in [-0.39, 0.29) is 6.04 Å². The van der Waals surface area contributed by atoms with Gasteiger partial charge in [0.2, 0.25) is 0 Å². The molecule has 1 saturated heterocycles. The summed E-state index contributed by atoms with van der Waals surface area (Å²) in [5, 5.41) is 3.36. The predicted molar refractivity (Wildman–Crippen MR) is 73.0 cm³/mol. The van der Waals surface area contributed by atoms with Crippen molar-refractivity contribution in [3.8, 4) is 0 Å². The van der Waals surface area contributed by atoms with Crippen molar-refractivity contribution in [2.75, 3.05) is 19.6 Å². The zero-order valence-electron chi connectivity index (χ0n) is 11.6. The number of nitrogens with one attached hydrogen (secondary N) is 1. The van der Waals surface area contributed by atoms with Gasteiger partial charge in [0, 0.05) is 24.7 Å². The van der Waals surface area contributed by atoms with Gasteiger partial charge < -0.3 is 5.32 Å². The van der Waals surface area contributed by atoms with Crippen LogP contribution in [0.15, 0.2) is 18.2 Å². The highest BCUT2D eigenvalue weighted by molar-refractivity contribution is 5.20. The highest BCUT2D eigenvalue weighted by atomic mass is 19.1. The lowest BCUT2D eigenvalue weighted by atomic mass is 10.1. The summed E-state index contributed by atoms with van der Waals surface area (Å²) in [4.78, 5) is 2.45. The highest BCUT2D eigenvalue weighted by Gasteiger charge is 2.18. The Balaban J connectivity index is 1.87. The van der Waals surface area contributed by atoms with Crippen molar-refractivity contribution < 1.29 is 8.78 Å². The van der Waals surface area contributed by atoms with Crippen molar-refractivity contribution in [1.82, 2.24) is 10.2 Å². The first-order valence-corrected chi connectivity index (χ1v) is 6.99. The van der Waals surface area contributed by atoms with Crippen molar-refractivity contribution >= 4 is 0 Å². The quantitative estimate of drug-likeness (QED) is 0.882. The molecule has 0 bridgehead atoms. The fraction of sp³-hybridized carbons (Fsp3) is 0.600. The largest absolute Gasteiger partial charge is 0.309 e. The number of benzene rings is 1. The first kappa shape index (κ1) is 14.4. The molecule has 1 fully saturated rings. The topological polar surface area (TPSA) is 15.3 Å². The molecule has 2 nitrogen and oxygen atoms in total. The molecule has 0 radical (unpaired) electrons. The second-order valence-corrected chi connectivity index (χ2v) is 5.42. The van der Waals surface area contributed by atoms with Crippen LogP contribution in [0.2, 0.25) is 0 Å². The van der Waals surface area contributed by atoms with Crippen LogP contribution >= 0.6 is 0 Å². The lowest BCUT2D eigenvalue weighted by Crippen LogP contribution is -2.39. The molecule has 1 aromatic rings. The van der Waals surface area contributed by atoms with E-state index in [1.807, 2.05) is 6.92 Å². The highest BCUT2D eigenvalue weighted by Crippen LogP contribution is 2.17. The molecule has 19 heavy (non-hydrogen) atoms. The summed E-state index contributed by atoms with van der Waals surface area (Å²) in [7, 11) is 0. The standard InChI is InChI=1S/C15H22F2N2/c1-11(19-5-3-4-6-19)10-18-12(2)13-7-14(16)9-15(17)8-13/h7-9,11-12,18H,3-6,10H2,1-2H3. The van der Waals surface area contributed by atoms with Crippen LogP contribution in [0.5, 0.6) is 0 Å². The molecule has 4 heteroatoms. The smallest absolute Gasteiger partial charge is 0.126 e. The van der Waals surface area contributed by atoms with Gasteiger partial charge in [0.25, 0.3) is 0 Å². The van der Waals surface area contributed by atoms with Gasteiger partial charge in [-0.2, -0.15) is 0 Å². The molecule has 1 aliphatic heterocycles. The molecule has 2 rings (SSSR count). The van der Waals surface area contributed by atoms with E-state index in [1.165, 1.54) is 25.0 Å². The van der Waals surface area contributed by atoms with Crippen molar-refractivity contribution in [2.24, 2.45) is 0 Å². The Morgan fingerprint density at radius 1 is 1.11 bits per heavy atom. The average Bonchev–Trinajstić information content (AvgIpc) is 2.88. The van der Waals surface area contributed by atoms with E-state index >= 15 is 0 Å². The second-order valence-electron chi connectivity index (χ2n) is 5.42. The average molecular weight is 268 g/mol. The summed E-state index contributed by atoms with van der Waals surface area (Å²) < 4.78 is 26.3. The summed E-state index contributed by atoms with van der Waals surface area (Å²) in [5.41, 5.74) is 0.658. The predicted octanol–water partition coefficient (Wildman–Crippen LogP) is 3.10. The number of halogens is 2. The van der Waals surface area contributed by atoms with Crippen LogP contribution in [0.3, 0.4) is 0 Å². The first-order valence-electron chi connectivity index (χ1n) is 6.99. The number of rotatable bonds is 5. The SMILES string of the molecule is CC(NCC(C)N1CCCC1)c1cc(F)cc(F)c1. The van der Waals surface area contributed by atoms with E-state index in [9.17, 15) is 8.78 Å². The lowest BCUT2D eigenvalue weighted by Gasteiger charge is -2.26. The van der Waals surface area contributed by atoms with Crippen LogP contribution in [0.1, 0.15) is 38.3 Å². The summed E-state index contributed by atoms with van der Waals surface area (Å²) in [6.07, 6.45) is 2.55. The molecule has 0 spiro atoms. The van der Waals surface area contributed by atoms with Gasteiger partial charge in [0.05, 0.1) is 0 Å². The summed E-state index contributed by atoms with van der Waals surface area (Å²) >= 11 is 0. The molecule has 2 unspecified atom stereocenters. The second kappa shape index (κ2) is 6.44. The zero-order valence-corrected chi connectivity index (χ0v) is 11.6. The van der Waals surface area contributed by atoms with Crippen LogP contribution in [0.25, 0.3) is 0 Å². The van der Waals surface area contributed by atoms with Gasteiger partial charge in [-0.3, -0.25) is 4.90 Å². The monoisotopic (exact) mass is 268 g/mol. The van der Waals surface area contributed by atoms with Crippen LogP contribution in [-0.2, 0) is 0 Å². The summed E-state index contributed by atoms with van der Waals surface area (Å²) in [6.45, 7) is 7.28. The third kappa shape index (κ3) is 3.98. The molecule has 1 aromatic carbocycles. The van der Waals surface area contributed by atoms with Crippen LogP contribution in [0, 0.1) is 11.6 Å². The fourth-order valence-electron chi connectivity index (χ4n) is 2.60. The summed E-state index contributed by atoms with van der Waals surface area (Å²) in [6, 6.07) is 4.10. The summed E-state index contributed by atoms with van der Waals surface area (Å²) in [5.74, 6) is -1.03. The molecule has 0 saturated carbocycles. The molecule has 106 valence electrons. The van der Waals surface area contributed by atoms with Gasteiger partial charge >= 0.3 is 0 Å². The van der Waals surface area contributed by atoms with Crippen LogP contribution < -0.4 is 5.32 Å². The molecular weight excluding hydrogens is 246 g/mol. The van der Waals surface area contributed by atoms with E-state index in [2.05, 4.69) is 17.1 Å². The van der Waals surface area contributed by atoms with Gasteiger partial charge in [0.1, 0.15) is 11.6 Å². The Morgan fingerprint density at radius 3 is 2.26 bits per heavy atom. The maximum atomic E-state index is 13.2. The minimum absolute atomic E-state index is 0.0461. The van der Waals surface area contributed by atoms with Gasteiger partial charge in [-0.1, -0.05) is 0 Å². The molecule has 0 aromatic heterocycles. The number of hydrogen-bond acceptors (Lipinski definition) is 2. The van der Waals surface area contributed by atoms with Crippen LogP contribution in [0.4, 0.5) is 8.78 Å². The van der Waals surface area contributed by atoms with Crippen molar-refractivity contribution in [1.29, 1.82) is 0 Å². The number of hydrogen-bond donors (Lipinski definition) is 1. The molecule has 2 atom stereocenters. The fourth-order valence-corrected chi connectivity index (χ4v) is 2.60. The molecule has 1 N–H and O–H groups in total. The molecular formula is C15H22F2N2. The molecule has 0 amide bonds. The maximum Gasteiger partial charge on any atom is 0.126 e. The van der Waals surface area contributed by atoms with Crippen LogP contribution in [-0.4, -0.2) is 30.6 Å². The van der Waals surface area contributed by atoms with E-state index in [4.69, 9.17) is 0 Å². The van der Waals surface area contributed by atoms with Crippen molar-refractivity contribution in [2.45, 2.75) is 38.8 Å². The Bertz CT molecular complexity index is 396. The van der Waals surface area contributed by atoms with Gasteiger partial charge in [-0.15, -0.1) is 0 Å². The normalized spacial score (nSPS) is 19.6. The molecule has 1 aliphatic rings. The van der Waals surface area contributed by atoms with Gasteiger partial charge in [-0.25, -0.2) is 8.78 Å². The number of likely N-dealkylation sites (tertiary alicyclic amines) is 1.